The molecule has 3 rings (SSSR count). The zero-order chi connectivity index (χ0) is 22.5. The van der Waals surface area contributed by atoms with Gasteiger partial charge in [-0.25, -0.2) is 4.79 Å². The Hall–Kier alpha value is -3.91. The first-order valence-corrected chi connectivity index (χ1v) is 10.00. The zero-order valence-corrected chi connectivity index (χ0v) is 18.0. The first-order valence-electron chi connectivity index (χ1n) is 10.00. The monoisotopic (exact) mass is 412 g/mol. The molecule has 0 heterocycles. The van der Waals surface area contributed by atoms with E-state index in [1.807, 2.05) is 32.9 Å². The second-order valence-corrected chi connectivity index (χ2v) is 7.51. The number of esters is 1. The van der Waals surface area contributed by atoms with Crippen molar-refractivity contribution in [1.29, 1.82) is 5.26 Å². The van der Waals surface area contributed by atoms with E-state index in [0.29, 0.717) is 22.3 Å². The number of benzene rings is 3. The number of aryl methyl sites for hydroxylation is 3. The summed E-state index contributed by atoms with van der Waals surface area (Å²) in [6.07, 6.45) is -0.994. The summed E-state index contributed by atoms with van der Waals surface area (Å²) < 4.78 is 5.48. The number of carbonyl (C=O) groups is 2. The molecular weight excluding hydrogens is 388 g/mol. The Bertz CT molecular complexity index is 1170. The second kappa shape index (κ2) is 9.27. The van der Waals surface area contributed by atoms with Gasteiger partial charge in [0.15, 0.2) is 6.10 Å². The summed E-state index contributed by atoms with van der Waals surface area (Å²) in [5.41, 5.74) is 5.71. The number of hydrogen-bond acceptors (Lipinski definition) is 4. The molecule has 0 aliphatic rings. The van der Waals surface area contributed by atoms with Gasteiger partial charge in [-0.3, -0.25) is 4.79 Å². The summed E-state index contributed by atoms with van der Waals surface area (Å²) >= 11 is 0. The summed E-state index contributed by atoms with van der Waals surface area (Å²) in [6.45, 7) is 7.39. The zero-order valence-electron chi connectivity index (χ0n) is 18.0. The standard InChI is InChI=1S/C26H24N2O3/c1-16-13-17(2)24(18(3)14-16)28-25(29)19(4)31-26(30)23-12-8-7-11-22(23)21-10-6-5-9-20(21)15-27/h5-14,19H,1-4H3,(H,28,29)/t19-/m0/s1. The van der Waals surface area contributed by atoms with Gasteiger partial charge < -0.3 is 10.1 Å². The van der Waals surface area contributed by atoms with Crippen LogP contribution in [0, 0.1) is 32.1 Å². The van der Waals surface area contributed by atoms with Crippen molar-refractivity contribution < 1.29 is 14.3 Å². The van der Waals surface area contributed by atoms with Crippen molar-refractivity contribution in [3.05, 3.63) is 88.5 Å². The lowest BCUT2D eigenvalue weighted by Crippen LogP contribution is -2.30. The molecule has 1 N–H and O–H groups in total. The van der Waals surface area contributed by atoms with Gasteiger partial charge in [-0.1, -0.05) is 54.1 Å². The van der Waals surface area contributed by atoms with E-state index in [9.17, 15) is 14.9 Å². The largest absolute Gasteiger partial charge is 0.449 e. The minimum Gasteiger partial charge on any atom is -0.449 e. The Morgan fingerprint density at radius 1 is 0.935 bits per heavy atom. The van der Waals surface area contributed by atoms with Gasteiger partial charge in [0.05, 0.1) is 17.2 Å². The Labute approximate surface area is 182 Å². The van der Waals surface area contributed by atoms with Gasteiger partial charge in [0.1, 0.15) is 0 Å². The lowest BCUT2D eigenvalue weighted by molar-refractivity contribution is -0.123. The Morgan fingerprint density at radius 3 is 2.16 bits per heavy atom. The second-order valence-electron chi connectivity index (χ2n) is 7.51. The molecule has 5 nitrogen and oxygen atoms in total. The van der Waals surface area contributed by atoms with Crippen molar-refractivity contribution in [1.82, 2.24) is 0 Å². The molecule has 0 aliphatic heterocycles. The highest BCUT2D eigenvalue weighted by atomic mass is 16.5. The van der Waals surface area contributed by atoms with Crippen molar-refractivity contribution in [2.75, 3.05) is 5.32 Å². The SMILES string of the molecule is Cc1cc(C)c(NC(=O)[C@H](C)OC(=O)c2ccccc2-c2ccccc2C#N)c(C)c1. The highest BCUT2D eigenvalue weighted by Gasteiger charge is 2.22. The van der Waals surface area contributed by atoms with Crippen molar-refractivity contribution >= 4 is 17.6 Å². The quantitative estimate of drug-likeness (QED) is 0.574. The molecular formula is C26H24N2O3. The number of rotatable bonds is 5. The van der Waals surface area contributed by atoms with Gasteiger partial charge >= 0.3 is 5.97 Å². The molecule has 0 aromatic heterocycles. The predicted molar refractivity (Wildman–Crippen MR) is 121 cm³/mol. The van der Waals surface area contributed by atoms with Crippen molar-refractivity contribution in [3.63, 3.8) is 0 Å². The summed E-state index contributed by atoms with van der Waals surface area (Å²) in [5, 5.41) is 12.3. The topological polar surface area (TPSA) is 79.2 Å². The average molecular weight is 412 g/mol. The van der Waals surface area contributed by atoms with Crippen LogP contribution in [-0.2, 0) is 9.53 Å². The van der Waals surface area contributed by atoms with Crippen LogP contribution in [0.1, 0.15) is 39.5 Å². The summed E-state index contributed by atoms with van der Waals surface area (Å²) in [4.78, 5) is 25.6. The van der Waals surface area contributed by atoms with Gasteiger partial charge in [-0.05, 0) is 56.5 Å². The Morgan fingerprint density at radius 2 is 1.52 bits per heavy atom. The summed E-state index contributed by atoms with van der Waals surface area (Å²) in [5.74, 6) is -1.03. The lowest BCUT2D eigenvalue weighted by atomic mass is 9.96. The fourth-order valence-corrected chi connectivity index (χ4v) is 3.59. The minimum atomic E-state index is -0.994. The summed E-state index contributed by atoms with van der Waals surface area (Å²) in [6, 6.07) is 20.1. The van der Waals surface area contributed by atoms with E-state index in [2.05, 4.69) is 11.4 Å². The van der Waals surface area contributed by atoms with Crippen molar-refractivity contribution in [3.8, 4) is 17.2 Å². The maximum atomic E-state index is 12.9. The molecule has 5 heteroatoms. The van der Waals surface area contributed by atoms with E-state index in [1.165, 1.54) is 6.92 Å². The van der Waals surface area contributed by atoms with E-state index in [0.717, 1.165) is 22.4 Å². The van der Waals surface area contributed by atoms with Crippen LogP contribution in [0.25, 0.3) is 11.1 Å². The lowest BCUT2D eigenvalue weighted by Gasteiger charge is -2.18. The molecule has 0 fully saturated rings. The number of ether oxygens (including phenoxy) is 1. The number of nitrogens with zero attached hydrogens (tertiary/aromatic N) is 1. The smallest absolute Gasteiger partial charge is 0.339 e. The molecule has 1 amide bonds. The van der Waals surface area contributed by atoms with E-state index >= 15 is 0 Å². The summed E-state index contributed by atoms with van der Waals surface area (Å²) in [7, 11) is 0. The van der Waals surface area contributed by atoms with Gasteiger partial charge in [-0.15, -0.1) is 0 Å². The molecule has 3 aromatic rings. The third kappa shape index (κ3) is 4.81. The molecule has 0 saturated heterocycles. The number of nitrogens with one attached hydrogen (secondary N) is 1. The third-order valence-electron chi connectivity index (χ3n) is 5.06. The van der Waals surface area contributed by atoms with Gasteiger partial charge in [0, 0.05) is 11.3 Å². The maximum Gasteiger partial charge on any atom is 0.339 e. The van der Waals surface area contributed by atoms with Crippen molar-refractivity contribution in [2.24, 2.45) is 0 Å². The normalized spacial score (nSPS) is 11.3. The van der Waals surface area contributed by atoms with Crippen LogP contribution in [0.2, 0.25) is 0 Å². The fraction of sp³-hybridized carbons (Fsp3) is 0.192. The third-order valence-corrected chi connectivity index (χ3v) is 5.06. The highest BCUT2D eigenvalue weighted by molar-refractivity contribution is 6.01. The molecule has 0 bridgehead atoms. The molecule has 0 saturated carbocycles. The fourth-order valence-electron chi connectivity index (χ4n) is 3.59. The van der Waals surface area contributed by atoms with E-state index in [4.69, 9.17) is 4.74 Å². The van der Waals surface area contributed by atoms with Crippen LogP contribution >= 0.6 is 0 Å². The molecule has 0 unspecified atom stereocenters. The number of hydrogen-bond donors (Lipinski definition) is 1. The van der Waals surface area contributed by atoms with Crippen LogP contribution in [0.5, 0.6) is 0 Å². The molecule has 0 aliphatic carbocycles. The van der Waals surface area contributed by atoms with Crippen LogP contribution in [0.3, 0.4) is 0 Å². The Balaban J connectivity index is 1.81. The first-order chi connectivity index (χ1) is 14.8. The Kier molecular flexibility index (Phi) is 6.52. The highest BCUT2D eigenvalue weighted by Crippen LogP contribution is 2.28. The van der Waals surface area contributed by atoms with Crippen LogP contribution in [0.4, 0.5) is 5.69 Å². The molecule has 1 atom stereocenters. The van der Waals surface area contributed by atoms with Crippen molar-refractivity contribution in [2.45, 2.75) is 33.8 Å². The molecule has 3 aromatic carbocycles. The van der Waals surface area contributed by atoms with Gasteiger partial charge in [0.2, 0.25) is 0 Å². The minimum absolute atomic E-state index is 0.299. The average Bonchev–Trinajstić information content (AvgIpc) is 2.75. The number of carbonyl (C=O) groups excluding carboxylic acids is 2. The number of anilines is 1. The van der Waals surface area contributed by atoms with Crippen LogP contribution in [-0.4, -0.2) is 18.0 Å². The van der Waals surface area contributed by atoms with Gasteiger partial charge in [0.25, 0.3) is 5.91 Å². The predicted octanol–water partition coefficient (Wildman–Crippen LogP) is 5.33. The van der Waals surface area contributed by atoms with Crippen LogP contribution in [0.15, 0.2) is 60.7 Å². The molecule has 0 radical (unpaired) electrons. The molecule has 31 heavy (non-hydrogen) atoms. The maximum absolute atomic E-state index is 12.9. The van der Waals surface area contributed by atoms with E-state index < -0.39 is 18.0 Å². The number of nitriles is 1. The number of amides is 1. The van der Waals surface area contributed by atoms with E-state index in [-0.39, 0.29) is 0 Å². The molecule has 156 valence electrons. The van der Waals surface area contributed by atoms with E-state index in [1.54, 1.807) is 48.5 Å². The van der Waals surface area contributed by atoms with Crippen LogP contribution < -0.4 is 5.32 Å². The molecule has 0 spiro atoms. The first kappa shape index (κ1) is 21.8. The van der Waals surface area contributed by atoms with Gasteiger partial charge in [-0.2, -0.15) is 5.26 Å².